The summed E-state index contributed by atoms with van der Waals surface area (Å²) in [6, 6.07) is 15.7. The number of methoxy groups -OCH3 is 1. The fourth-order valence-electron chi connectivity index (χ4n) is 2.14. The van der Waals surface area contributed by atoms with E-state index in [0.717, 1.165) is 4.47 Å². The van der Waals surface area contributed by atoms with Crippen molar-refractivity contribution in [3.63, 3.8) is 0 Å². The number of nitriles is 1. The van der Waals surface area contributed by atoms with Crippen LogP contribution in [0.3, 0.4) is 0 Å². The van der Waals surface area contributed by atoms with E-state index in [1.165, 1.54) is 10.9 Å². The Labute approximate surface area is 152 Å². The minimum atomic E-state index is -0.516. The molecule has 0 aliphatic rings. The second-order valence-electron chi connectivity index (χ2n) is 4.97. The molecule has 3 rings (SSSR count). The van der Waals surface area contributed by atoms with Gasteiger partial charge in [0.15, 0.2) is 0 Å². The van der Waals surface area contributed by atoms with Crippen molar-refractivity contribution in [3.05, 3.63) is 75.1 Å². The molecule has 6 nitrogen and oxygen atoms in total. The lowest BCUT2D eigenvalue weighted by molar-refractivity contribution is 0.412. The third-order valence-electron chi connectivity index (χ3n) is 3.40. The smallest absolute Gasteiger partial charge is 0.315 e. The minimum Gasteiger partial charge on any atom is -0.497 e. The average Bonchev–Trinajstić information content (AvgIpc) is 2.65. The zero-order chi connectivity index (χ0) is 17.8. The first kappa shape index (κ1) is 16.7. The van der Waals surface area contributed by atoms with Gasteiger partial charge in [0, 0.05) is 4.47 Å². The minimum absolute atomic E-state index is 0.0641. The topological polar surface area (TPSA) is 77.1 Å². The molecule has 7 heteroatoms. The summed E-state index contributed by atoms with van der Waals surface area (Å²) in [5, 5.41) is 13.3. The molecule has 124 valence electrons. The van der Waals surface area contributed by atoms with E-state index < -0.39 is 5.56 Å². The van der Waals surface area contributed by atoms with Crippen LogP contribution in [0.25, 0.3) is 5.69 Å². The van der Waals surface area contributed by atoms with Crippen molar-refractivity contribution in [2.45, 2.75) is 0 Å². The van der Waals surface area contributed by atoms with Gasteiger partial charge in [-0.2, -0.15) is 15.0 Å². The Hall–Kier alpha value is -3.11. The predicted molar refractivity (Wildman–Crippen MR) is 95.3 cm³/mol. The summed E-state index contributed by atoms with van der Waals surface area (Å²) in [7, 11) is 1.56. The van der Waals surface area contributed by atoms with E-state index in [9.17, 15) is 10.1 Å². The zero-order valence-electron chi connectivity index (χ0n) is 13.1. The van der Waals surface area contributed by atoms with Gasteiger partial charge >= 0.3 is 5.56 Å². The molecule has 1 heterocycles. The molecule has 0 saturated heterocycles. The van der Waals surface area contributed by atoms with Crippen molar-refractivity contribution in [1.29, 1.82) is 5.26 Å². The molecule has 0 saturated carbocycles. The van der Waals surface area contributed by atoms with Gasteiger partial charge < -0.3 is 9.47 Å². The highest BCUT2D eigenvalue weighted by molar-refractivity contribution is 9.10. The van der Waals surface area contributed by atoms with E-state index in [-0.39, 0.29) is 11.3 Å². The summed E-state index contributed by atoms with van der Waals surface area (Å²) in [6.45, 7) is 0. The number of nitrogens with zero attached hydrogens (tertiary/aromatic N) is 3. The third-order valence-corrected chi connectivity index (χ3v) is 3.93. The van der Waals surface area contributed by atoms with E-state index in [1.807, 2.05) is 6.07 Å². The van der Waals surface area contributed by atoms with Gasteiger partial charge in [0.25, 0.3) is 0 Å². The molecule has 0 atom stereocenters. The molecule has 25 heavy (non-hydrogen) atoms. The highest BCUT2D eigenvalue weighted by atomic mass is 79.9. The fourth-order valence-corrected chi connectivity index (χ4v) is 2.41. The van der Waals surface area contributed by atoms with Gasteiger partial charge in [0.05, 0.1) is 19.0 Å². The molecule has 0 unspecified atom stereocenters. The molecule has 0 radical (unpaired) electrons. The van der Waals surface area contributed by atoms with Crippen molar-refractivity contribution in [2.75, 3.05) is 7.11 Å². The van der Waals surface area contributed by atoms with E-state index >= 15 is 0 Å². The third kappa shape index (κ3) is 3.54. The van der Waals surface area contributed by atoms with Gasteiger partial charge in [-0.15, -0.1) is 0 Å². The summed E-state index contributed by atoms with van der Waals surface area (Å²) < 4.78 is 12.8. The van der Waals surface area contributed by atoms with Gasteiger partial charge in [-0.05, 0) is 48.5 Å². The van der Waals surface area contributed by atoms with Crippen molar-refractivity contribution in [2.24, 2.45) is 0 Å². The Morgan fingerprint density at radius 1 is 1.08 bits per heavy atom. The Bertz CT molecular complexity index is 990. The van der Waals surface area contributed by atoms with Crippen LogP contribution in [-0.2, 0) is 0 Å². The van der Waals surface area contributed by atoms with Crippen LogP contribution in [0.5, 0.6) is 17.2 Å². The number of hydrogen-bond donors (Lipinski definition) is 0. The summed E-state index contributed by atoms with van der Waals surface area (Å²) >= 11 is 3.34. The molecule has 0 N–H and O–H groups in total. The number of aromatic nitrogens is 2. The Kier molecular flexibility index (Phi) is 4.82. The summed E-state index contributed by atoms with van der Waals surface area (Å²) in [5.41, 5.74) is 0.114. The molecular weight excluding hydrogens is 386 g/mol. The van der Waals surface area contributed by atoms with Crippen molar-refractivity contribution in [3.8, 4) is 29.0 Å². The number of rotatable bonds is 4. The van der Waals surface area contributed by atoms with Crippen molar-refractivity contribution < 1.29 is 9.47 Å². The highest BCUT2D eigenvalue weighted by Gasteiger charge is 2.15. The van der Waals surface area contributed by atoms with Crippen LogP contribution in [0, 0.1) is 11.3 Å². The van der Waals surface area contributed by atoms with Gasteiger partial charge in [-0.25, -0.2) is 0 Å². The van der Waals surface area contributed by atoms with Crippen LogP contribution in [0.1, 0.15) is 5.56 Å². The molecule has 0 fully saturated rings. The molecule has 0 bridgehead atoms. The Morgan fingerprint density at radius 2 is 1.72 bits per heavy atom. The van der Waals surface area contributed by atoms with Crippen LogP contribution in [0.2, 0.25) is 0 Å². The molecule has 0 aliphatic heterocycles. The van der Waals surface area contributed by atoms with Gasteiger partial charge in [0.2, 0.25) is 5.75 Å². The fraction of sp³-hybridized carbons (Fsp3) is 0.0556. The first-order valence-corrected chi connectivity index (χ1v) is 8.02. The second-order valence-corrected chi connectivity index (χ2v) is 5.89. The molecular formula is C18H12BrN3O3. The predicted octanol–water partition coefficient (Wildman–Crippen LogP) is 3.67. The average molecular weight is 398 g/mol. The first-order chi connectivity index (χ1) is 12.1. The number of halogens is 1. The van der Waals surface area contributed by atoms with E-state index in [2.05, 4.69) is 21.0 Å². The second kappa shape index (κ2) is 7.20. The molecule has 0 spiro atoms. The van der Waals surface area contributed by atoms with E-state index in [1.54, 1.807) is 55.6 Å². The highest BCUT2D eigenvalue weighted by Crippen LogP contribution is 2.24. The monoisotopic (exact) mass is 397 g/mol. The number of hydrogen-bond acceptors (Lipinski definition) is 5. The Balaban J connectivity index is 2.05. The maximum atomic E-state index is 12.7. The van der Waals surface area contributed by atoms with E-state index in [0.29, 0.717) is 17.2 Å². The maximum Gasteiger partial charge on any atom is 0.315 e. The largest absolute Gasteiger partial charge is 0.497 e. The van der Waals surface area contributed by atoms with Crippen molar-refractivity contribution >= 4 is 15.9 Å². The zero-order valence-corrected chi connectivity index (χ0v) is 14.7. The van der Waals surface area contributed by atoms with E-state index in [4.69, 9.17) is 9.47 Å². The van der Waals surface area contributed by atoms with Crippen molar-refractivity contribution in [1.82, 2.24) is 9.78 Å². The lowest BCUT2D eigenvalue weighted by Crippen LogP contribution is -2.23. The molecule has 0 amide bonds. The van der Waals surface area contributed by atoms with Crippen LogP contribution in [0.15, 0.2) is 64.0 Å². The molecule has 3 aromatic rings. The van der Waals surface area contributed by atoms with Crippen LogP contribution >= 0.6 is 15.9 Å². The van der Waals surface area contributed by atoms with Gasteiger partial charge in [0.1, 0.15) is 23.1 Å². The normalized spacial score (nSPS) is 10.1. The molecule has 2 aromatic carbocycles. The lowest BCUT2D eigenvalue weighted by atomic mass is 10.3. The van der Waals surface area contributed by atoms with Gasteiger partial charge in [-0.1, -0.05) is 15.9 Å². The SMILES string of the molecule is COc1ccc(Oc2c(C#N)cnn(-c3ccc(Br)cc3)c2=O)cc1. The molecule has 0 aliphatic carbocycles. The van der Waals surface area contributed by atoms with Crippen LogP contribution in [-0.4, -0.2) is 16.9 Å². The van der Waals surface area contributed by atoms with Crippen LogP contribution < -0.4 is 15.0 Å². The first-order valence-electron chi connectivity index (χ1n) is 7.22. The van der Waals surface area contributed by atoms with Crippen LogP contribution in [0.4, 0.5) is 0 Å². The summed E-state index contributed by atoms with van der Waals surface area (Å²) in [6.07, 6.45) is 1.31. The lowest BCUT2D eigenvalue weighted by Gasteiger charge is -2.10. The summed E-state index contributed by atoms with van der Waals surface area (Å²) in [4.78, 5) is 12.7. The standard InChI is InChI=1S/C18H12BrN3O3/c1-24-15-6-8-16(9-7-15)25-17-12(10-20)11-21-22(18(17)23)14-4-2-13(19)3-5-14/h2-9,11H,1H3. The number of ether oxygens (including phenoxy) is 2. The van der Waals surface area contributed by atoms with Gasteiger partial charge in [-0.3, -0.25) is 4.79 Å². The maximum absolute atomic E-state index is 12.7. The Morgan fingerprint density at radius 3 is 2.32 bits per heavy atom. The number of benzene rings is 2. The molecule has 1 aromatic heterocycles. The quantitative estimate of drug-likeness (QED) is 0.670. The summed E-state index contributed by atoms with van der Waals surface area (Å²) in [5.74, 6) is 1.00.